The number of aromatic nitrogens is 4. The monoisotopic (exact) mass is 261 g/mol. The maximum Gasteiger partial charge on any atom is 0.252 e. The molecule has 0 aliphatic rings. The first kappa shape index (κ1) is 13.3. The van der Waals surface area contributed by atoms with Crippen LogP contribution >= 0.6 is 0 Å². The summed E-state index contributed by atoms with van der Waals surface area (Å²) in [5, 5.41) is 10.3. The lowest BCUT2D eigenvalue weighted by Crippen LogP contribution is -2.06. The molecule has 1 atom stereocenters. The molecule has 2 heterocycles. The van der Waals surface area contributed by atoms with E-state index in [-0.39, 0.29) is 5.56 Å². The van der Waals surface area contributed by atoms with Crippen molar-refractivity contribution in [3.05, 3.63) is 34.5 Å². The lowest BCUT2D eigenvalue weighted by Gasteiger charge is -2.10. The van der Waals surface area contributed by atoms with Crippen molar-refractivity contribution in [2.45, 2.75) is 39.0 Å². The zero-order valence-electron chi connectivity index (χ0n) is 11.2. The van der Waals surface area contributed by atoms with Crippen molar-refractivity contribution in [3.63, 3.8) is 0 Å². The molecule has 2 aromatic rings. The molecule has 0 radical (unpaired) electrons. The first-order chi connectivity index (χ1) is 9.22. The number of hydrogen-bond acceptors (Lipinski definition) is 4. The SMILES string of the molecule is CCCC(CC)c1cc(Nc2cc(=O)[nH]cn2)n[nH]1. The van der Waals surface area contributed by atoms with E-state index in [4.69, 9.17) is 0 Å². The van der Waals surface area contributed by atoms with Crippen LogP contribution in [0.2, 0.25) is 0 Å². The number of aromatic amines is 2. The van der Waals surface area contributed by atoms with Crippen LogP contribution in [0.4, 0.5) is 11.6 Å². The van der Waals surface area contributed by atoms with Gasteiger partial charge in [0, 0.05) is 23.7 Å². The molecule has 0 saturated heterocycles. The van der Waals surface area contributed by atoms with E-state index in [2.05, 4.69) is 39.3 Å². The summed E-state index contributed by atoms with van der Waals surface area (Å²) in [4.78, 5) is 17.7. The molecule has 0 aliphatic carbocycles. The van der Waals surface area contributed by atoms with Gasteiger partial charge in [0.1, 0.15) is 5.82 Å². The summed E-state index contributed by atoms with van der Waals surface area (Å²) in [7, 11) is 0. The number of nitrogens with one attached hydrogen (secondary N) is 3. The molecule has 0 aliphatic heterocycles. The molecule has 102 valence electrons. The third-order valence-corrected chi connectivity index (χ3v) is 3.10. The highest BCUT2D eigenvalue weighted by Crippen LogP contribution is 2.25. The highest BCUT2D eigenvalue weighted by molar-refractivity contribution is 5.51. The van der Waals surface area contributed by atoms with Crippen molar-refractivity contribution < 1.29 is 0 Å². The van der Waals surface area contributed by atoms with E-state index in [1.807, 2.05) is 6.07 Å². The van der Waals surface area contributed by atoms with Crippen molar-refractivity contribution in [2.75, 3.05) is 5.32 Å². The van der Waals surface area contributed by atoms with Crippen LogP contribution in [-0.4, -0.2) is 20.2 Å². The summed E-state index contributed by atoms with van der Waals surface area (Å²) < 4.78 is 0. The summed E-state index contributed by atoms with van der Waals surface area (Å²) in [6, 6.07) is 3.38. The summed E-state index contributed by atoms with van der Waals surface area (Å²) in [6.45, 7) is 4.35. The molecule has 0 fully saturated rings. The molecule has 1 unspecified atom stereocenters. The van der Waals surface area contributed by atoms with Crippen LogP contribution < -0.4 is 10.9 Å². The minimum absolute atomic E-state index is 0.189. The number of hydrogen-bond donors (Lipinski definition) is 3. The maximum atomic E-state index is 11.2. The Hall–Kier alpha value is -2.11. The minimum atomic E-state index is -0.189. The van der Waals surface area contributed by atoms with Crippen LogP contribution in [-0.2, 0) is 0 Å². The smallest absolute Gasteiger partial charge is 0.252 e. The van der Waals surface area contributed by atoms with Crippen LogP contribution in [0.3, 0.4) is 0 Å². The van der Waals surface area contributed by atoms with E-state index in [1.54, 1.807) is 0 Å². The Morgan fingerprint density at radius 3 is 2.84 bits per heavy atom. The molecule has 0 amide bonds. The Bertz CT molecular complexity index is 574. The Kier molecular flexibility index (Phi) is 4.33. The van der Waals surface area contributed by atoms with Gasteiger partial charge in [-0.15, -0.1) is 0 Å². The van der Waals surface area contributed by atoms with Gasteiger partial charge >= 0.3 is 0 Å². The molecule has 2 aromatic heterocycles. The van der Waals surface area contributed by atoms with E-state index in [1.165, 1.54) is 12.4 Å². The van der Waals surface area contributed by atoms with Gasteiger partial charge < -0.3 is 10.3 Å². The average molecular weight is 261 g/mol. The Balaban J connectivity index is 2.10. The predicted octanol–water partition coefficient (Wildman–Crippen LogP) is 2.53. The molecule has 0 bridgehead atoms. The van der Waals surface area contributed by atoms with E-state index < -0.39 is 0 Å². The minimum Gasteiger partial charge on any atom is -0.323 e. The quantitative estimate of drug-likeness (QED) is 0.745. The fourth-order valence-electron chi connectivity index (χ4n) is 2.11. The van der Waals surface area contributed by atoms with Crippen molar-refractivity contribution >= 4 is 11.6 Å². The van der Waals surface area contributed by atoms with Gasteiger partial charge in [0.2, 0.25) is 0 Å². The van der Waals surface area contributed by atoms with Crippen molar-refractivity contribution in [3.8, 4) is 0 Å². The normalized spacial score (nSPS) is 12.3. The molecule has 0 saturated carbocycles. The second-order valence-corrected chi connectivity index (χ2v) is 4.52. The van der Waals surface area contributed by atoms with Crippen LogP contribution in [0.25, 0.3) is 0 Å². The van der Waals surface area contributed by atoms with Gasteiger partial charge in [0.25, 0.3) is 5.56 Å². The van der Waals surface area contributed by atoms with Gasteiger partial charge in [-0.05, 0) is 12.8 Å². The lowest BCUT2D eigenvalue weighted by atomic mass is 9.97. The van der Waals surface area contributed by atoms with Crippen molar-refractivity contribution in [1.29, 1.82) is 0 Å². The second-order valence-electron chi connectivity index (χ2n) is 4.52. The molecule has 6 nitrogen and oxygen atoms in total. The van der Waals surface area contributed by atoms with Crippen LogP contribution in [0.5, 0.6) is 0 Å². The number of nitrogens with zero attached hydrogens (tertiary/aromatic N) is 2. The predicted molar refractivity (Wildman–Crippen MR) is 74.7 cm³/mol. The Labute approximate surface area is 111 Å². The third kappa shape index (κ3) is 3.43. The highest BCUT2D eigenvalue weighted by atomic mass is 16.1. The second kappa shape index (κ2) is 6.17. The summed E-state index contributed by atoms with van der Waals surface area (Å²) in [6.07, 6.45) is 4.74. The van der Waals surface area contributed by atoms with Crippen molar-refractivity contribution in [1.82, 2.24) is 20.2 Å². The lowest BCUT2D eigenvalue weighted by molar-refractivity contribution is 0.579. The zero-order chi connectivity index (χ0) is 13.7. The summed E-state index contributed by atoms with van der Waals surface area (Å²) >= 11 is 0. The standard InChI is InChI=1S/C13H19N5O/c1-3-5-9(4-2)10-6-12(18-17-10)16-11-7-13(19)15-8-14-11/h6-9H,3-5H2,1-2H3,(H3,14,15,16,17,18,19). The molecular weight excluding hydrogens is 242 g/mol. The molecule has 6 heteroatoms. The molecule has 0 aromatic carbocycles. The largest absolute Gasteiger partial charge is 0.323 e. The number of anilines is 2. The van der Waals surface area contributed by atoms with Gasteiger partial charge in [-0.2, -0.15) is 5.10 Å². The van der Waals surface area contributed by atoms with E-state index in [9.17, 15) is 4.79 Å². The third-order valence-electron chi connectivity index (χ3n) is 3.10. The molecule has 2 rings (SSSR count). The first-order valence-electron chi connectivity index (χ1n) is 6.60. The van der Waals surface area contributed by atoms with Crippen LogP contribution in [0, 0.1) is 0 Å². The number of rotatable bonds is 6. The first-order valence-corrected chi connectivity index (χ1v) is 6.60. The van der Waals surface area contributed by atoms with Crippen LogP contribution in [0.15, 0.2) is 23.3 Å². The van der Waals surface area contributed by atoms with Crippen molar-refractivity contribution in [2.24, 2.45) is 0 Å². The van der Waals surface area contributed by atoms with Gasteiger partial charge in [0.15, 0.2) is 5.82 Å². The molecule has 3 N–H and O–H groups in total. The maximum absolute atomic E-state index is 11.2. The van der Waals surface area contributed by atoms with E-state index >= 15 is 0 Å². The molecule has 0 spiro atoms. The van der Waals surface area contributed by atoms with Gasteiger partial charge in [-0.1, -0.05) is 20.3 Å². The van der Waals surface area contributed by atoms with Gasteiger partial charge in [-0.25, -0.2) is 4.98 Å². The fourth-order valence-corrected chi connectivity index (χ4v) is 2.11. The van der Waals surface area contributed by atoms with E-state index in [0.29, 0.717) is 17.6 Å². The number of H-pyrrole nitrogens is 2. The topological polar surface area (TPSA) is 86.5 Å². The Morgan fingerprint density at radius 1 is 1.32 bits per heavy atom. The summed E-state index contributed by atoms with van der Waals surface area (Å²) in [5.41, 5.74) is 0.933. The highest BCUT2D eigenvalue weighted by Gasteiger charge is 2.11. The van der Waals surface area contributed by atoms with Gasteiger partial charge in [-0.3, -0.25) is 9.89 Å². The summed E-state index contributed by atoms with van der Waals surface area (Å²) in [5.74, 6) is 1.67. The average Bonchev–Trinajstić information content (AvgIpc) is 2.84. The molecular formula is C13H19N5O. The Morgan fingerprint density at radius 2 is 2.16 bits per heavy atom. The fraction of sp³-hybridized carbons (Fsp3) is 0.462. The van der Waals surface area contributed by atoms with E-state index in [0.717, 1.165) is 25.0 Å². The zero-order valence-corrected chi connectivity index (χ0v) is 11.2. The van der Waals surface area contributed by atoms with Gasteiger partial charge in [0.05, 0.1) is 6.33 Å². The molecule has 19 heavy (non-hydrogen) atoms. The van der Waals surface area contributed by atoms with Crippen LogP contribution in [0.1, 0.15) is 44.7 Å².